The number of ether oxygens (including phenoxy) is 2. The Labute approximate surface area is 177 Å². The van der Waals surface area contributed by atoms with Gasteiger partial charge in [-0.15, -0.1) is 10.2 Å². The largest absolute Gasteiger partial charge is 0.497 e. The van der Waals surface area contributed by atoms with Crippen molar-refractivity contribution in [2.24, 2.45) is 0 Å². The number of halogens is 1. The molecule has 0 saturated carbocycles. The number of thioether (sulfide) groups is 1. The van der Waals surface area contributed by atoms with Crippen molar-refractivity contribution in [2.45, 2.75) is 12.1 Å². The molecule has 0 aliphatic carbocycles. The molecule has 152 valence electrons. The Balaban J connectivity index is 1.71. The van der Waals surface area contributed by atoms with Gasteiger partial charge in [-0.2, -0.15) is 0 Å². The molecule has 0 atom stereocenters. The van der Waals surface area contributed by atoms with E-state index >= 15 is 0 Å². The van der Waals surface area contributed by atoms with Gasteiger partial charge in [0.25, 0.3) is 0 Å². The monoisotopic (exact) mass is 433 g/mol. The van der Waals surface area contributed by atoms with Gasteiger partial charge in [-0.05, 0) is 36.8 Å². The second kappa shape index (κ2) is 9.06. The van der Waals surface area contributed by atoms with Crippen LogP contribution in [0.15, 0.2) is 41.6 Å². The van der Waals surface area contributed by atoms with Crippen molar-refractivity contribution in [3.05, 3.63) is 47.0 Å². The maximum absolute atomic E-state index is 12.3. The van der Waals surface area contributed by atoms with E-state index < -0.39 is 0 Å². The van der Waals surface area contributed by atoms with E-state index in [0.29, 0.717) is 38.8 Å². The molecule has 0 fully saturated rings. The highest BCUT2D eigenvalue weighted by molar-refractivity contribution is 7.99. The molecular weight excluding hydrogens is 414 g/mol. The van der Waals surface area contributed by atoms with Crippen LogP contribution in [0.2, 0.25) is 5.02 Å². The Morgan fingerprint density at radius 1 is 1.17 bits per heavy atom. The normalized spacial score (nSPS) is 10.6. The second-order valence-corrected chi connectivity index (χ2v) is 7.45. The third-order valence-electron chi connectivity index (χ3n) is 4.08. The number of methoxy groups -OCH3 is 2. The van der Waals surface area contributed by atoms with E-state index in [4.69, 9.17) is 26.9 Å². The molecule has 0 aliphatic rings. The van der Waals surface area contributed by atoms with Crippen LogP contribution in [0.3, 0.4) is 0 Å². The first-order valence-corrected chi connectivity index (χ1v) is 9.90. The SMILES string of the molecule is COc1cc(OC)cc(-c2nnc(SCC(=O)Nc3cc(Cl)ccc3C)n2N)c1. The van der Waals surface area contributed by atoms with Crippen LogP contribution >= 0.6 is 23.4 Å². The number of nitrogens with zero attached hydrogens (tertiary/aromatic N) is 3. The average Bonchev–Trinajstić information content (AvgIpc) is 3.09. The van der Waals surface area contributed by atoms with E-state index in [1.807, 2.05) is 13.0 Å². The number of rotatable bonds is 7. The van der Waals surface area contributed by atoms with E-state index in [0.717, 1.165) is 5.56 Å². The third kappa shape index (κ3) is 4.93. The number of hydrogen-bond donors (Lipinski definition) is 2. The van der Waals surface area contributed by atoms with Crippen molar-refractivity contribution in [2.75, 3.05) is 31.1 Å². The Kier molecular flexibility index (Phi) is 6.50. The summed E-state index contributed by atoms with van der Waals surface area (Å²) in [4.78, 5) is 12.3. The lowest BCUT2D eigenvalue weighted by molar-refractivity contribution is -0.113. The highest BCUT2D eigenvalue weighted by atomic mass is 35.5. The summed E-state index contributed by atoms with van der Waals surface area (Å²) in [5, 5.41) is 12.0. The lowest BCUT2D eigenvalue weighted by atomic mass is 10.2. The number of amides is 1. The van der Waals surface area contributed by atoms with Gasteiger partial charge in [-0.25, -0.2) is 4.68 Å². The van der Waals surface area contributed by atoms with Gasteiger partial charge in [0.2, 0.25) is 11.1 Å². The van der Waals surface area contributed by atoms with Gasteiger partial charge in [-0.3, -0.25) is 4.79 Å². The van der Waals surface area contributed by atoms with Gasteiger partial charge >= 0.3 is 0 Å². The smallest absolute Gasteiger partial charge is 0.234 e. The average molecular weight is 434 g/mol. The molecule has 3 rings (SSSR count). The minimum absolute atomic E-state index is 0.114. The zero-order valence-corrected chi connectivity index (χ0v) is 17.7. The molecule has 1 amide bonds. The van der Waals surface area contributed by atoms with Gasteiger partial charge in [0.1, 0.15) is 11.5 Å². The fourth-order valence-electron chi connectivity index (χ4n) is 2.55. The first-order chi connectivity index (χ1) is 13.9. The summed E-state index contributed by atoms with van der Waals surface area (Å²) in [7, 11) is 3.13. The summed E-state index contributed by atoms with van der Waals surface area (Å²) in [6.07, 6.45) is 0. The molecule has 8 nitrogen and oxygen atoms in total. The molecule has 3 aromatic rings. The summed E-state index contributed by atoms with van der Waals surface area (Å²) in [5.41, 5.74) is 2.27. The predicted molar refractivity (Wildman–Crippen MR) is 114 cm³/mol. The molecule has 0 saturated heterocycles. The lowest BCUT2D eigenvalue weighted by Crippen LogP contribution is -2.17. The lowest BCUT2D eigenvalue weighted by Gasteiger charge is -2.09. The number of carbonyl (C=O) groups excluding carboxylic acids is 1. The Morgan fingerprint density at radius 3 is 2.52 bits per heavy atom. The van der Waals surface area contributed by atoms with Crippen LogP contribution in [-0.4, -0.2) is 40.8 Å². The number of nitrogens with two attached hydrogens (primary N) is 1. The molecule has 3 N–H and O–H groups in total. The topological polar surface area (TPSA) is 104 Å². The van der Waals surface area contributed by atoms with Crippen LogP contribution in [0.25, 0.3) is 11.4 Å². The highest BCUT2D eigenvalue weighted by Crippen LogP contribution is 2.30. The van der Waals surface area contributed by atoms with Gasteiger partial charge in [0.15, 0.2) is 5.82 Å². The van der Waals surface area contributed by atoms with Crippen molar-refractivity contribution in [3.8, 4) is 22.9 Å². The van der Waals surface area contributed by atoms with Crippen molar-refractivity contribution in [1.82, 2.24) is 14.9 Å². The number of aromatic nitrogens is 3. The number of carbonyl (C=O) groups is 1. The first kappa shape index (κ1) is 20.8. The van der Waals surface area contributed by atoms with E-state index in [1.54, 1.807) is 44.6 Å². The molecule has 0 radical (unpaired) electrons. The van der Waals surface area contributed by atoms with Crippen LogP contribution in [-0.2, 0) is 4.79 Å². The summed E-state index contributed by atoms with van der Waals surface area (Å²) in [6, 6.07) is 10.6. The maximum atomic E-state index is 12.3. The number of anilines is 1. The van der Waals surface area contributed by atoms with E-state index in [9.17, 15) is 4.79 Å². The third-order valence-corrected chi connectivity index (χ3v) is 5.26. The number of nitrogens with one attached hydrogen (secondary N) is 1. The van der Waals surface area contributed by atoms with Gasteiger partial charge in [-0.1, -0.05) is 29.4 Å². The minimum atomic E-state index is -0.201. The molecule has 1 heterocycles. The van der Waals surface area contributed by atoms with E-state index in [1.165, 1.54) is 16.4 Å². The van der Waals surface area contributed by atoms with Crippen LogP contribution in [0.1, 0.15) is 5.56 Å². The van der Waals surface area contributed by atoms with Crippen molar-refractivity contribution < 1.29 is 14.3 Å². The molecule has 29 heavy (non-hydrogen) atoms. The Bertz CT molecular complexity index is 1020. The molecule has 10 heteroatoms. The van der Waals surface area contributed by atoms with E-state index in [2.05, 4.69) is 15.5 Å². The minimum Gasteiger partial charge on any atom is -0.497 e. The maximum Gasteiger partial charge on any atom is 0.234 e. The van der Waals surface area contributed by atoms with Crippen LogP contribution in [0, 0.1) is 6.92 Å². The summed E-state index contributed by atoms with van der Waals surface area (Å²) in [5.74, 6) is 7.69. The van der Waals surface area contributed by atoms with Crippen LogP contribution in [0.5, 0.6) is 11.5 Å². The predicted octanol–water partition coefficient (Wildman–Crippen LogP) is 3.37. The van der Waals surface area contributed by atoms with E-state index in [-0.39, 0.29) is 11.7 Å². The molecule has 0 bridgehead atoms. The van der Waals surface area contributed by atoms with Gasteiger partial charge < -0.3 is 20.6 Å². The molecule has 1 aromatic heterocycles. The zero-order valence-electron chi connectivity index (χ0n) is 16.1. The highest BCUT2D eigenvalue weighted by Gasteiger charge is 2.16. The second-order valence-electron chi connectivity index (χ2n) is 6.07. The zero-order chi connectivity index (χ0) is 21.0. The van der Waals surface area contributed by atoms with Gasteiger partial charge in [0, 0.05) is 22.3 Å². The van der Waals surface area contributed by atoms with Crippen LogP contribution < -0.4 is 20.6 Å². The number of hydrogen-bond acceptors (Lipinski definition) is 7. The standard InChI is InChI=1S/C19H20ClN5O3S/c1-11-4-5-13(20)8-16(11)22-17(26)10-29-19-24-23-18(25(19)21)12-6-14(27-2)9-15(7-12)28-3/h4-9H,10,21H2,1-3H3,(H,22,26). The molecular formula is C19H20ClN5O3S. The molecule has 0 unspecified atom stereocenters. The number of aryl methyl sites for hydroxylation is 1. The van der Waals surface area contributed by atoms with Crippen molar-refractivity contribution in [3.63, 3.8) is 0 Å². The first-order valence-electron chi connectivity index (χ1n) is 8.54. The molecule has 0 spiro atoms. The summed E-state index contributed by atoms with van der Waals surface area (Å²) < 4.78 is 11.9. The number of nitrogen functional groups attached to an aromatic ring is 1. The molecule has 0 aliphatic heterocycles. The Morgan fingerprint density at radius 2 is 1.86 bits per heavy atom. The van der Waals surface area contributed by atoms with Crippen LogP contribution in [0.4, 0.5) is 5.69 Å². The summed E-state index contributed by atoms with van der Waals surface area (Å²) >= 11 is 7.16. The fourth-order valence-corrected chi connectivity index (χ4v) is 3.38. The Hall–Kier alpha value is -2.91. The molecule has 2 aromatic carbocycles. The van der Waals surface area contributed by atoms with Crippen molar-refractivity contribution >= 4 is 35.0 Å². The summed E-state index contributed by atoms with van der Waals surface area (Å²) in [6.45, 7) is 1.89. The van der Waals surface area contributed by atoms with Gasteiger partial charge in [0.05, 0.1) is 20.0 Å². The van der Waals surface area contributed by atoms with Crippen molar-refractivity contribution in [1.29, 1.82) is 0 Å². The number of benzene rings is 2. The quantitative estimate of drug-likeness (QED) is 0.434. The fraction of sp³-hybridized carbons (Fsp3) is 0.211.